The number of carbonyl (C=O) groups excluding carboxylic acids is 1. The van der Waals surface area contributed by atoms with Crippen LogP contribution in [0.4, 0.5) is 0 Å². The van der Waals surface area contributed by atoms with Crippen LogP contribution in [0.5, 0.6) is 0 Å². The molecule has 2 aromatic rings. The molecule has 1 aromatic carbocycles. The molecular weight excluding hydrogens is 260 g/mol. The minimum absolute atomic E-state index is 0.00373. The summed E-state index contributed by atoms with van der Waals surface area (Å²) >= 11 is 1.34. The van der Waals surface area contributed by atoms with Gasteiger partial charge in [-0.3, -0.25) is 9.89 Å². The highest BCUT2D eigenvalue weighted by molar-refractivity contribution is 7.99. The molecule has 0 aliphatic rings. The molecule has 100 valence electrons. The second kappa shape index (κ2) is 6.38. The summed E-state index contributed by atoms with van der Waals surface area (Å²) in [6.45, 7) is 4.03. The van der Waals surface area contributed by atoms with Crippen molar-refractivity contribution in [2.75, 3.05) is 5.75 Å². The number of nitrogens with zero attached hydrogens (tertiary/aromatic N) is 2. The van der Waals surface area contributed by atoms with Crippen molar-refractivity contribution in [2.45, 2.75) is 25.0 Å². The van der Waals surface area contributed by atoms with Crippen molar-refractivity contribution in [1.29, 1.82) is 0 Å². The Hall–Kier alpha value is -1.82. The van der Waals surface area contributed by atoms with Gasteiger partial charge in [-0.05, 0) is 25.0 Å². The molecule has 1 heterocycles. The third kappa shape index (κ3) is 3.82. The Labute approximate surface area is 116 Å². The average Bonchev–Trinajstić information content (AvgIpc) is 2.90. The van der Waals surface area contributed by atoms with Crippen LogP contribution in [0.1, 0.15) is 24.1 Å². The van der Waals surface area contributed by atoms with Crippen LogP contribution >= 0.6 is 11.8 Å². The lowest BCUT2D eigenvalue weighted by atomic mass is 10.0. The molecule has 2 rings (SSSR count). The monoisotopic (exact) mass is 276 g/mol. The summed E-state index contributed by atoms with van der Waals surface area (Å²) in [6, 6.07) is 8.05. The molecule has 0 spiro atoms. The molecule has 0 unspecified atom stereocenters. The lowest BCUT2D eigenvalue weighted by Crippen LogP contribution is -2.28. The van der Waals surface area contributed by atoms with E-state index in [9.17, 15) is 4.79 Å². The van der Waals surface area contributed by atoms with Gasteiger partial charge < -0.3 is 5.32 Å². The van der Waals surface area contributed by atoms with Crippen LogP contribution in [0.3, 0.4) is 0 Å². The zero-order chi connectivity index (χ0) is 13.7. The minimum atomic E-state index is -0.0165. The standard InChI is InChI=1S/C13H16N4OS/c1-9-5-3-4-6-11(9)10(2)16-12(18)7-19-13-14-8-15-17-13/h3-6,8,10H,7H2,1-2H3,(H,16,18)(H,14,15,17)/t10-/m1/s1. The Bertz CT molecular complexity index is 541. The molecule has 0 fully saturated rings. The maximum atomic E-state index is 11.8. The largest absolute Gasteiger partial charge is 0.349 e. The van der Waals surface area contributed by atoms with E-state index in [2.05, 4.69) is 20.5 Å². The van der Waals surface area contributed by atoms with Gasteiger partial charge in [0.15, 0.2) is 5.16 Å². The maximum absolute atomic E-state index is 11.8. The van der Waals surface area contributed by atoms with Crippen LogP contribution < -0.4 is 5.32 Å². The highest BCUT2D eigenvalue weighted by Crippen LogP contribution is 2.17. The number of amides is 1. The number of H-pyrrole nitrogens is 1. The van der Waals surface area contributed by atoms with Crippen molar-refractivity contribution in [1.82, 2.24) is 20.5 Å². The summed E-state index contributed by atoms with van der Waals surface area (Å²) in [5.41, 5.74) is 2.32. The molecule has 1 aromatic heterocycles. The van der Waals surface area contributed by atoms with E-state index < -0.39 is 0 Å². The first kappa shape index (κ1) is 13.6. The van der Waals surface area contributed by atoms with E-state index in [1.54, 1.807) is 0 Å². The lowest BCUT2D eigenvalue weighted by molar-refractivity contribution is -0.119. The molecular formula is C13H16N4OS. The van der Waals surface area contributed by atoms with Gasteiger partial charge in [-0.2, -0.15) is 5.10 Å². The minimum Gasteiger partial charge on any atom is -0.349 e. The van der Waals surface area contributed by atoms with Crippen LogP contribution in [0, 0.1) is 6.92 Å². The molecule has 0 aliphatic heterocycles. The molecule has 2 N–H and O–H groups in total. The van der Waals surface area contributed by atoms with Gasteiger partial charge in [-0.1, -0.05) is 36.0 Å². The first-order valence-corrected chi connectivity index (χ1v) is 6.98. The molecule has 0 saturated carbocycles. The van der Waals surface area contributed by atoms with Gasteiger partial charge >= 0.3 is 0 Å². The fourth-order valence-corrected chi connectivity index (χ4v) is 2.42. The van der Waals surface area contributed by atoms with E-state index in [1.807, 2.05) is 38.1 Å². The SMILES string of the molecule is Cc1ccccc1[C@@H](C)NC(=O)CSc1ncn[nH]1. The molecule has 0 bridgehead atoms. The number of thioether (sulfide) groups is 1. The molecule has 5 nitrogen and oxygen atoms in total. The zero-order valence-corrected chi connectivity index (χ0v) is 11.7. The first-order chi connectivity index (χ1) is 9.16. The van der Waals surface area contributed by atoms with Gasteiger partial charge in [0.25, 0.3) is 0 Å². The summed E-state index contributed by atoms with van der Waals surface area (Å²) in [5, 5.41) is 10.1. The predicted molar refractivity (Wildman–Crippen MR) is 74.8 cm³/mol. The van der Waals surface area contributed by atoms with Crippen LogP contribution in [-0.2, 0) is 4.79 Å². The Balaban J connectivity index is 1.87. The summed E-state index contributed by atoms with van der Waals surface area (Å²) < 4.78 is 0. The number of rotatable bonds is 5. The number of aromatic amines is 1. The number of benzene rings is 1. The maximum Gasteiger partial charge on any atom is 0.230 e. The molecule has 0 aliphatic carbocycles. The van der Waals surface area contributed by atoms with Crippen LogP contribution in [-0.4, -0.2) is 26.8 Å². The second-order valence-electron chi connectivity index (χ2n) is 4.23. The van der Waals surface area contributed by atoms with E-state index in [-0.39, 0.29) is 11.9 Å². The van der Waals surface area contributed by atoms with E-state index >= 15 is 0 Å². The topological polar surface area (TPSA) is 70.7 Å². The number of nitrogens with one attached hydrogen (secondary N) is 2. The number of hydrogen-bond donors (Lipinski definition) is 2. The van der Waals surface area contributed by atoms with Crippen LogP contribution in [0.2, 0.25) is 0 Å². The molecule has 0 radical (unpaired) electrons. The Morgan fingerprint density at radius 2 is 2.26 bits per heavy atom. The highest BCUT2D eigenvalue weighted by atomic mass is 32.2. The Morgan fingerprint density at radius 3 is 2.95 bits per heavy atom. The van der Waals surface area contributed by atoms with Gasteiger partial charge in [0.1, 0.15) is 6.33 Å². The molecule has 19 heavy (non-hydrogen) atoms. The fraction of sp³-hybridized carbons (Fsp3) is 0.308. The van der Waals surface area contributed by atoms with E-state index in [1.165, 1.54) is 23.7 Å². The third-order valence-electron chi connectivity index (χ3n) is 2.77. The highest BCUT2D eigenvalue weighted by Gasteiger charge is 2.11. The van der Waals surface area contributed by atoms with Crippen molar-refractivity contribution in [3.05, 3.63) is 41.7 Å². The van der Waals surface area contributed by atoms with Crippen molar-refractivity contribution in [2.24, 2.45) is 0 Å². The van der Waals surface area contributed by atoms with Crippen molar-refractivity contribution < 1.29 is 4.79 Å². The van der Waals surface area contributed by atoms with E-state index in [4.69, 9.17) is 0 Å². The van der Waals surface area contributed by atoms with E-state index in [0.717, 1.165) is 5.56 Å². The molecule has 6 heteroatoms. The quantitative estimate of drug-likeness (QED) is 0.820. The lowest BCUT2D eigenvalue weighted by Gasteiger charge is -2.16. The Morgan fingerprint density at radius 1 is 1.47 bits per heavy atom. The summed E-state index contributed by atoms with van der Waals surface area (Å²) in [4.78, 5) is 15.8. The third-order valence-corrected chi connectivity index (χ3v) is 3.64. The number of carbonyl (C=O) groups is 1. The fourth-order valence-electron chi connectivity index (χ4n) is 1.83. The number of aryl methyl sites for hydroxylation is 1. The van der Waals surface area contributed by atoms with Crippen molar-refractivity contribution in [3.8, 4) is 0 Å². The smallest absolute Gasteiger partial charge is 0.230 e. The summed E-state index contributed by atoms with van der Waals surface area (Å²) in [5.74, 6) is 0.308. The molecule has 1 amide bonds. The zero-order valence-electron chi connectivity index (χ0n) is 10.9. The number of aromatic nitrogens is 3. The average molecular weight is 276 g/mol. The normalized spacial score (nSPS) is 12.1. The summed E-state index contributed by atoms with van der Waals surface area (Å²) in [6.07, 6.45) is 1.43. The molecule has 0 saturated heterocycles. The van der Waals surface area contributed by atoms with Gasteiger partial charge in [-0.15, -0.1) is 0 Å². The van der Waals surface area contributed by atoms with Crippen LogP contribution in [0.25, 0.3) is 0 Å². The van der Waals surface area contributed by atoms with Gasteiger partial charge in [-0.25, -0.2) is 4.98 Å². The van der Waals surface area contributed by atoms with E-state index in [0.29, 0.717) is 10.9 Å². The van der Waals surface area contributed by atoms with Gasteiger partial charge in [0, 0.05) is 0 Å². The van der Waals surface area contributed by atoms with Gasteiger partial charge in [0.2, 0.25) is 5.91 Å². The van der Waals surface area contributed by atoms with Crippen molar-refractivity contribution >= 4 is 17.7 Å². The number of hydrogen-bond acceptors (Lipinski definition) is 4. The first-order valence-electron chi connectivity index (χ1n) is 6.00. The predicted octanol–water partition coefficient (Wildman–Crippen LogP) is 2.08. The van der Waals surface area contributed by atoms with Gasteiger partial charge in [0.05, 0.1) is 11.8 Å². The summed E-state index contributed by atoms with van der Waals surface area (Å²) in [7, 11) is 0. The molecule has 1 atom stereocenters. The van der Waals surface area contributed by atoms with Crippen LogP contribution in [0.15, 0.2) is 35.7 Å². The Kier molecular flexibility index (Phi) is 4.57. The second-order valence-corrected chi connectivity index (χ2v) is 5.19. The van der Waals surface area contributed by atoms with Crippen molar-refractivity contribution in [3.63, 3.8) is 0 Å².